The van der Waals surface area contributed by atoms with E-state index in [9.17, 15) is 4.79 Å². The second-order valence-corrected chi connectivity index (χ2v) is 9.44. The number of halogens is 1. The standard InChI is InChI=1S/C28H29FN6O2/c1-3-33-16-20(15-30-33)17-35-27-22(29)12-19(18-36)13-23(27)31-28(35)25-14-21-6-4-7-24-26(21)34(25)10-9-32(24)8-5-11-37-2/h4,6-7,12-16,18H,3,5,8-11,17H2,1-2H3. The van der Waals surface area contributed by atoms with Gasteiger partial charge in [-0.05, 0) is 37.6 Å². The van der Waals surface area contributed by atoms with Crippen molar-refractivity contribution in [1.29, 1.82) is 0 Å². The molecular formula is C28H29FN6O2. The lowest BCUT2D eigenvalue weighted by atomic mass is 10.1. The Morgan fingerprint density at radius 2 is 2.05 bits per heavy atom. The van der Waals surface area contributed by atoms with E-state index in [2.05, 4.69) is 38.8 Å². The Morgan fingerprint density at radius 1 is 1.16 bits per heavy atom. The Hall–Kier alpha value is -3.98. The number of carbonyl (C=O) groups excluding carboxylic acids is 1. The zero-order valence-corrected chi connectivity index (χ0v) is 21.0. The van der Waals surface area contributed by atoms with E-state index < -0.39 is 5.82 Å². The van der Waals surface area contributed by atoms with Gasteiger partial charge in [-0.25, -0.2) is 9.37 Å². The Labute approximate surface area is 213 Å². The van der Waals surface area contributed by atoms with Gasteiger partial charge < -0.3 is 18.8 Å². The summed E-state index contributed by atoms with van der Waals surface area (Å²) in [4.78, 5) is 18.8. The molecule has 4 heterocycles. The number of carbonyl (C=O) groups is 1. The van der Waals surface area contributed by atoms with Crippen molar-refractivity contribution in [3.05, 3.63) is 65.7 Å². The predicted octanol–water partition coefficient (Wildman–Crippen LogP) is 4.73. The number of hydrogen-bond donors (Lipinski definition) is 0. The van der Waals surface area contributed by atoms with Crippen LogP contribution in [0.2, 0.25) is 0 Å². The van der Waals surface area contributed by atoms with Crippen LogP contribution in [0.3, 0.4) is 0 Å². The van der Waals surface area contributed by atoms with Crippen molar-refractivity contribution in [3.63, 3.8) is 0 Å². The quantitative estimate of drug-likeness (QED) is 0.216. The van der Waals surface area contributed by atoms with Crippen LogP contribution < -0.4 is 4.90 Å². The first-order valence-electron chi connectivity index (χ1n) is 12.6. The number of aldehydes is 1. The number of ether oxygens (including phenoxy) is 1. The van der Waals surface area contributed by atoms with Crippen molar-refractivity contribution in [2.24, 2.45) is 0 Å². The summed E-state index contributed by atoms with van der Waals surface area (Å²) in [5, 5.41) is 5.52. The highest BCUT2D eigenvalue weighted by molar-refractivity contribution is 5.97. The van der Waals surface area contributed by atoms with E-state index in [-0.39, 0.29) is 5.56 Å². The van der Waals surface area contributed by atoms with E-state index in [0.717, 1.165) is 61.4 Å². The summed E-state index contributed by atoms with van der Waals surface area (Å²) in [6.45, 7) is 6.51. The molecule has 0 spiro atoms. The molecule has 5 aromatic rings. The molecule has 8 nitrogen and oxygen atoms in total. The van der Waals surface area contributed by atoms with Gasteiger partial charge in [0.15, 0.2) is 5.82 Å². The molecule has 0 amide bonds. The number of aromatic nitrogens is 5. The van der Waals surface area contributed by atoms with Gasteiger partial charge in [0, 0.05) is 62.6 Å². The van der Waals surface area contributed by atoms with Gasteiger partial charge in [-0.1, -0.05) is 12.1 Å². The van der Waals surface area contributed by atoms with E-state index >= 15 is 4.39 Å². The van der Waals surface area contributed by atoms with Gasteiger partial charge in [-0.15, -0.1) is 0 Å². The van der Waals surface area contributed by atoms with Crippen LogP contribution in [0.1, 0.15) is 29.3 Å². The van der Waals surface area contributed by atoms with Crippen molar-refractivity contribution < 1.29 is 13.9 Å². The molecule has 1 aliphatic heterocycles. The van der Waals surface area contributed by atoms with Crippen molar-refractivity contribution in [3.8, 4) is 11.5 Å². The number of fused-ring (bicyclic) bond motifs is 1. The highest BCUT2D eigenvalue weighted by Crippen LogP contribution is 2.38. The maximum absolute atomic E-state index is 15.4. The summed E-state index contributed by atoms with van der Waals surface area (Å²) in [5.41, 5.74) is 5.37. The van der Waals surface area contributed by atoms with Crippen LogP contribution in [-0.4, -0.2) is 57.0 Å². The fraction of sp³-hybridized carbons (Fsp3) is 0.321. The number of para-hydroxylation sites is 1. The maximum Gasteiger partial charge on any atom is 0.158 e. The lowest BCUT2D eigenvalue weighted by Crippen LogP contribution is -2.33. The minimum absolute atomic E-state index is 0.274. The molecule has 0 aliphatic carbocycles. The molecule has 6 rings (SSSR count). The monoisotopic (exact) mass is 500 g/mol. The van der Waals surface area contributed by atoms with E-state index in [0.29, 0.717) is 29.7 Å². The summed E-state index contributed by atoms with van der Waals surface area (Å²) in [6, 6.07) is 11.4. The average Bonchev–Trinajstić information content (AvgIpc) is 3.62. The normalized spacial score (nSPS) is 13.2. The number of aryl methyl sites for hydroxylation is 1. The van der Waals surface area contributed by atoms with Crippen molar-refractivity contribution in [2.45, 2.75) is 33.0 Å². The van der Waals surface area contributed by atoms with Gasteiger partial charge in [0.2, 0.25) is 0 Å². The lowest BCUT2D eigenvalue weighted by molar-refractivity contribution is 0.112. The molecule has 0 radical (unpaired) electrons. The maximum atomic E-state index is 15.4. The summed E-state index contributed by atoms with van der Waals surface area (Å²) < 4.78 is 26.7. The molecule has 0 unspecified atom stereocenters. The highest BCUT2D eigenvalue weighted by atomic mass is 19.1. The summed E-state index contributed by atoms with van der Waals surface area (Å²) >= 11 is 0. The first kappa shape index (κ1) is 23.4. The third-order valence-electron chi connectivity index (χ3n) is 7.14. The van der Waals surface area contributed by atoms with Crippen LogP contribution in [0.15, 0.2) is 48.8 Å². The van der Waals surface area contributed by atoms with Gasteiger partial charge in [0.1, 0.15) is 17.6 Å². The molecule has 0 fully saturated rings. The van der Waals surface area contributed by atoms with Gasteiger partial charge in [-0.2, -0.15) is 5.10 Å². The first-order valence-corrected chi connectivity index (χ1v) is 12.6. The van der Waals surface area contributed by atoms with Gasteiger partial charge in [0.25, 0.3) is 0 Å². The van der Waals surface area contributed by atoms with Crippen molar-refractivity contribution in [2.75, 3.05) is 31.7 Å². The Balaban J connectivity index is 1.53. The molecule has 2 aromatic carbocycles. The van der Waals surface area contributed by atoms with E-state index in [4.69, 9.17) is 9.72 Å². The molecular weight excluding hydrogens is 471 g/mol. The van der Waals surface area contributed by atoms with E-state index in [1.807, 2.05) is 28.6 Å². The van der Waals surface area contributed by atoms with Crippen molar-refractivity contribution in [1.82, 2.24) is 23.9 Å². The largest absolute Gasteiger partial charge is 0.385 e. The minimum Gasteiger partial charge on any atom is -0.385 e. The van der Waals surface area contributed by atoms with Crippen LogP contribution in [0.25, 0.3) is 33.5 Å². The van der Waals surface area contributed by atoms with Gasteiger partial charge in [-0.3, -0.25) is 9.48 Å². The zero-order chi connectivity index (χ0) is 25.5. The van der Waals surface area contributed by atoms with Gasteiger partial charge in [0.05, 0.1) is 35.2 Å². The molecule has 1 aliphatic rings. The van der Waals surface area contributed by atoms with Crippen LogP contribution in [0, 0.1) is 5.82 Å². The second-order valence-electron chi connectivity index (χ2n) is 9.44. The molecule has 0 atom stereocenters. The number of imidazole rings is 1. The Bertz CT molecular complexity index is 1610. The topological polar surface area (TPSA) is 70.1 Å². The van der Waals surface area contributed by atoms with Crippen LogP contribution >= 0.6 is 0 Å². The number of rotatable bonds is 9. The minimum atomic E-state index is -0.457. The molecule has 0 N–H and O–H groups in total. The SMILES string of the molecule is CCn1cc(Cn2c(-c3cc4cccc5c4n3CCN5CCCOC)nc3cc(C=O)cc(F)c32)cn1. The third-order valence-corrected chi connectivity index (χ3v) is 7.14. The lowest BCUT2D eigenvalue weighted by Gasteiger charge is -2.31. The summed E-state index contributed by atoms with van der Waals surface area (Å²) in [6.07, 6.45) is 5.40. The summed E-state index contributed by atoms with van der Waals surface area (Å²) in [5.74, 6) is 0.220. The zero-order valence-electron chi connectivity index (χ0n) is 21.0. The molecule has 37 heavy (non-hydrogen) atoms. The smallest absolute Gasteiger partial charge is 0.158 e. The van der Waals surface area contributed by atoms with Crippen LogP contribution in [0.5, 0.6) is 0 Å². The second kappa shape index (κ2) is 9.48. The highest BCUT2D eigenvalue weighted by Gasteiger charge is 2.26. The molecule has 190 valence electrons. The Kier molecular flexibility index (Phi) is 6.00. The van der Waals surface area contributed by atoms with Crippen LogP contribution in [0.4, 0.5) is 10.1 Å². The first-order chi connectivity index (χ1) is 18.1. The number of hydrogen-bond acceptors (Lipinski definition) is 5. The van der Waals surface area contributed by atoms with E-state index in [1.165, 1.54) is 11.8 Å². The predicted molar refractivity (Wildman–Crippen MR) is 142 cm³/mol. The molecule has 0 bridgehead atoms. The third kappa shape index (κ3) is 3.99. The molecule has 0 saturated heterocycles. The number of anilines is 1. The molecule has 0 saturated carbocycles. The molecule has 3 aromatic heterocycles. The fourth-order valence-corrected chi connectivity index (χ4v) is 5.45. The average molecular weight is 501 g/mol. The Morgan fingerprint density at radius 3 is 2.84 bits per heavy atom. The molecule has 9 heteroatoms. The van der Waals surface area contributed by atoms with Crippen LogP contribution in [-0.2, 0) is 24.4 Å². The number of benzene rings is 2. The van der Waals surface area contributed by atoms with Gasteiger partial charge >= 0.3 is 0 Å². The number of nitrogens with zero attached hydrogens (tertiary/aromatic N) is 6. The number of methoxy groups -OCH3 is 1. The van der Waals surface area contributed by atoms with Crippen molar-refractivity contribution >= 4 is 33.9 Å². The van der Waals surface area contributed by atoms with E-state index in [1.54, 1.807) is 13.2 Å². The summed E-state index contributed by atoms with van der Waals surface area (Å²) in [7, 11) is 1.73. The fourth-order valence-electron chi connectivity index (χ4n) is 5.45.